The number of piperidine rings is 1. The van der Waals surface area contributed by atoms with Crippen LogP contribution < -0.4 is 5.73 Å². The number of likely N-dealkylation sites (tertiary alicyclic amines) is 1. The first-order chi connectivity index (χ1) is 8.83. The third kappa shape index (κ3) is 3.53. The van der Waals surface area contributed by atoms with Crippen molar-refractivity contribution in [3.63, 3.8) is 0 Å². The smallest absolute Gasteiger partial charge is 0.228 e. The first-order valence-electron chi connectivity index (χ1n) is 7.09. The minimum atomic E-state index is 0.576. The number of hydrogen-bond donors (Lipinski definition) is 1. The molecular formula is C13H24N4O. The molecule has 1 saturated heterocycles. The van der Waals surface area contributed by atoms with Crippen molar-refractivity contribution < 1.29 is 4.52 Å². The molecule has 18 heavy (non-hydrogen) atoms. The third-order valence-corrected chi connectivity index (χ3v) is 3.68. The molecule has 102 valence electrons. The molecular weight excluding hydrogens is 228 g/mol. The van der Waals surface area contributed by atoms with Gasteiger partial charge in [0.15, 0.2) is 5.82 Å². The highest BCUT2D eigenvalue weighted by Gasteiger charge is 2.23. The van der Waals surface area contributed by atoms with Crippen molar-refractivity contribution in [2.24, 2.45) is 5.73 Å². The monoisotopic (exact) mass is 252 g/mol. The minimum Gasteiger partial charge on any atom is -0.339 e. The van der Waals surface area contributed by atoms with E-state index in [1.807, 2.05) is 0 Å². The molecule has 0 radical (unpaired) electrons. The van der Waals surface area contributed by atoms with Crippen molar-refractivity contribution in [1.29, 1.82) is 0 Å². The van der Waals surface area contributed by atoms with Gasteiger partial charge in [0.25, 0.3) is 0 Å². The van der Waals surface area contributed by atoms with Crippen molar-refractivity contribution in [2.45, 2.75) is 51.5 Å². The maximum absolute atomic E-state index is 5.48. The maximum Gasteiger partial charge on any atom is 0.228 e. The Kier molecular flexibility index (Phi) is 5.13. The Morgan fingerprint density at radius 3 is 3.11 bits per heavy atom. The zero-order valence-electron chi connectivity index (χ0n) is 11.3. The molecule has 0 bridgehead atoms. The third-order valence-electron chi connectivity index (χ3n) is 3.68. The molecule has 0 aliphatic carbocycles. The average molecular weight is 252 g/mol. The lowest BCUT2D eigenvalue weighted by atomic mass is 9.99. The molecule has 5 heteroatoms. The van der Waals surface area contributed by atoms with Crippen LogP contribution in [0.5, 0.6) is 0 Å². The van der Waals surface area contributed by atoms with E-state index in [0.717, 1.165) is 37.5 Å². The Morgan fingerprint density at radius 1 is 1.44 bits per heavy atom. The lowest BCUT2D eigenvalue weighted by Gasteiger charge is -2.33. The van der Waals surface area contributed by atoms with Gasteiger partial charge in [0.1, 0.15) is 0 Å². The predicted octanol–water partition coefficient (Wildman–Crippen LogP) is 1.38. The number of aromatic nitrogens is 2. The summed E-state index contributed by atoms with van der Waals surface area (Å²) in [6, 6.07) is 0.576. The number of likely N-dealkylation sites (N-methyl/N-ethyl adjacent to an activating group) is 1. The summed E-state index contributed by atoms with van der Waals surface area (Å²) in [6.07, 6.45) is 6.51. The van der Waals surface area contributed by atoms with Gasteiger partial charge in [-0.25, -0.2) is 0 Å². The summed E-state index contributed by atoms with van der Waals surface area (Å²) >= 11 is 0. The highest BCUT2D eigenvalue weighted by molar-refractivity contribution is 4.91. The second-order valence-electron chi connectivity index (χ2n) is 4.98. The van der Waals surface area contributed by atoms with Gasteiger partial charge >= 0.3 is 0 Å². The SMILES string of the molecule is CCN1CCCCC1Cc1nc(CCCN)no1. The summed E-state index contributed by atoms with van der Waals surface area (Å²) in [7, 11) is 0. The lowest BCUT2D eigenvalue weighted by molar-refractivity contribution is 0.146. The molecule has 1 unspecified atom stereocenters. The zero-order chi connectivity index (χ0) is 12.8. The van der Waals surface area contributed by atoms with E-state index in [1.165, 1.54) is 25.8 Å². The van der Waals surface area contributed by atoms with Gasteiger partial charge < -0.3 is 15.2 Å². The van der Waals surface area contributed by atoms with Gasteiger partial charge in [-0.2, -0.15) is 4.98 Å². The molecule has 2 N–H and O–H groups in total. The Labute approximate surface area is 109 Å². The number of aryl methyl sites for hydroxylation is 1. The van der Waals surface area contributed by atoms with E-state index >= 15 is 0 Å². The Morgan fingerprint density at radius 2 is 2.33 bits per heavy atom. The van der Waals surface area contributed by atoms with E-state index in [-0.39, 0.29) is 0 Å². The quantitative estimate of drug-likeness (QED) is 0.828. The lowest BCUT2D eigenvalue weighted by Crippen LogP contribution is -2.40. The van der Waals surface area contributed by atoms with Crippen LogP contribution in [-0.2, 0) is 12.8 Å². The van der Waals surface area contributed by atoms with Crippen LogP contribution in [0.25, 0.3) is 0 Å². The zero-order valence-corrected chi connectivity index (χ0v) is 11.3. The van der Waals surface area contributed by atoms with Crippen LogP contribution >= 0.6 is 0 Å². The van der Waals surface area contributed by atoms with Crippen LogP contribution in [0, 0.1) is 0 Å². The fourth-order valence-electron chi connectivity index (χ4n) is 2.64. The van der Waals surface area contributed by atoms with Gasteiger partial charge in [-0.05, 0) is 38.9 Å². The summed E-state index contributed by atoms with van der Waals surface area (Å²) in [4.78, 5) is 6.97. The fourth-order valence-corrected chi connectivity index (χ4v) is 2.64. The summed E-state index contributed by atoms with van der Waals surface area (Å²) in [6.45, 7) is 5.21. The van der Waals surface area contributed by atoms with Crippen LogP contribution in [0.3, 0.4) is 0 Å². The summed E-state index contributed by atoms with van der Waals surface area (Å²) < 4.78 is 5.33. The predicted molar refractivity (Wildman–Crippen MR) is 70.3 cm³/mol. The average Bonchev–Trinajstić information content (AvgIpc) is 2.84. The van der Waals surface area contributed by atoms with Gasteiger partial charge in [0.05, 0.1) is 0 Å². The molecule has 1 atom stereocenters. The molecule has 0 amide bonds. The number of rotatable bonds is 6. The summed E-state index contributed by atoms with van der Waals surface area (Å²) in [5.41, 5.74) is 5.48. The Bertz CT molecular complexity index is 353. The molecule has 1 aromatic rings. The normalized spacial score (nSPS) is 21.3. The van der Waals surface area contributed by atoms with E-state index in [9.17, 15) is 0 Å². The van der Waals surface area contributed by atoms with Crippen LogP contribution in [0.15, 0.2) is 4.52 Å². The first-order valence-corrected chi connectivity index (χ1v) is 7.09. The number of nitrogens with zero attached hydrogens (tertiary/aromatic N) is 3. The molecule has 5 nitrogen and oxygen atoms in total. The molecule has 2 heterocycles. The van der Waals surface area contributed by atoms with Crippen molar-refractivity contribution in [3.8, 4) is 0 Å². The van der Waals surface area contributed by atoms with Crippen molar-refractivity contribution in [1.82, 2.24) is 15.0 Å². The van der Waals surface area contributed by atoms with Gasteiger partial charge in [-0.3, -0.25) is 0 Å². The molecule has 1 aliphatic rings. The van der Waals surface area contributed by atoms with E-state index in [2.05, 4.69) is 22.0 Å². The highest BCUT2D eigenvalue weighted by atomic mass is 16.5. The second kappa shape index (κ2) is 6.85. The summed E-state index contributed by atoms with van der Waals surface area (Å²) in [5.74, 6) is 1.58. The van der Waals surface area contributed by atoms with Crippen molar-refractivity contribution >= 4 is 0 Å². The minimum absolute atomic E-state index is 0.576. The van der Waals surface area contributed by atoms with Crippen LogP contribution in [0.4, 0.5) is 0 Å². The van der Waals surface area contributed by atoms with E-state index < -0.39 is 0 Å². The van der Waals surface area contributed by atoms with E-state index in [4.69, 9.17) is 10.3 Å². The first kappa shape index (κ1) is 13.5. The molecule has 1 fully saturated rings. The standard InChI is InChI=1S/C13H24N4O/c1-2-17-9-4-3-6-11(17)10-13-15-12(16-18-13)7-5-8-14/h11H,2-10,14H2,1H3. The largest absolute Gasteiger partial charge is 0.339 e. The van der Waals surface area contributed by atoms with E-state index in [1.54, 1.807) is 0 Å². The number of hydrogen-bond acceptors (Lipinski definition) is 5. The topological polar surface area (TPSA) is 68.2 Å². The Balaban J connectivity index is 1.89. The fraction of sp³-hybridized carbons (Fsp3) is 0.846. The maximum atomic E-state index is 5.48. The van der Waals surface area contributed by atoms with Crippen molar-refractivity contribution in [2.75, 3.05) is 19.6 Å². The van der Waals surface area contributed by atoms with E-state index in [0.29, 0.717) is 12.6 Å². The summed E-state index contributed by atoms with van der Waals surface area (Å²) in [5, 5.41) is 4.01. The molecule has 0 spiro atoms. The number of nitrogens with two attached hydrogens (primary N) is 1. The van der Waals surface area contributed by atoms with Gasteiger partial charge in [0, 0.05) is 18.9 Å². The van der Waals surface area contributed by atoms with Crippen LogP contribution in [0.1, 0.15) is 44.3 Å². The van der Waals surface area contributed by atoms with Crippen molar-refractivity contribution in [3.05, 3.63) is 11.7 Å². The molecule has 0 aromatic carbocycles. The molecule has 0 saturated carbocycles. The highest BCUT2D eigenvalue weighted by Crippen LogP contribution is 2.19. The van der Waals surface area contributed by atoms with Gasteiger partial charge in [-0.15, -0.1) is 0 Å². The molecule has 1 aliphatic heterocycles. The van der Waals surface area contributed by atoms with Gasteiger partial charge in [-0.1, -0.05) is 18.5 Å². The van der Waals surface area contributed by atoms with Crippen LogP contribution in [0.2, 0.25) is 0 Å². The van der Waals surface area contributed by atoms with Crippen LogP contribution in [-0.4, -0.2) is 40.7 Å². The Hall–Kier alpha value is -0.940. The second-order valence-corrected chi connectivity index (χ2v) is 4.98. The molecule has 1 aromatic heterocycles. The van der Waals surface area contributed by atoms with Gasteiger partial charge in [0.2, 0.25) is 5.89 Å². The molecule has 2 rings (SSSR count).